The molecule has 0 aliphatic rings. The highest BCUT2D eigenvalue weighted by atomic mass is 19.4. The number of alkyl halides is 3. The highest BCUT2D eigenvalue weighted by Gasteiger charge is 2.30. The molecule has 0 spiro atoms. The molecule has 0 atom stereocenters. The van der Waals surface area contributed by atoms with E-state index in [2.05, 4.69) is 10.3 Å². The first-order valence-electron chi connectivity index (χ1n) is 8.55. The van der Waals surface area contributed by atoms with Gasteiger partial charge in [-0.05, 0) is 29.8 Å². The van der Waals surface area contributed by atoms with Gasteiger partial charge in [0.2, 0.25) is 5.91 Å². The van der Waals surface area contributed by atoms with Crippen LogP contribution in [0.2, 0.25) is 0 Å². The first-order valence-corrected chi connectivity index (χ1v) is 8.55. The number of carbonyl (C=O) groups is 1. The molecule has 3 rings (SSSR count). The van der Waals surface area contributed by atoms with Crippen molar-refractivity contribution in [2.75, 3.05) is 0 Å². The van der Waals surface area contributed by atoms with Crippen molar-refractivity contribution in [3.63, 3.8) is 0 Å². The van der Waals surface area contributed by atoms with Crippen LogP contribution in [0, 0.1) is 11.6 Å². The molecule has 29 heavy (non-hydrogen) atoms. The van der Waals surface area contributed by atoms with Crippen LogP contribution in [0.3, 0.4) is 0 Å². The van der Waals surface area contributed by atoms with Crippen molar-refractivity contribution in [3.05, 3.63) is 77.3 Å². The lowest BCUT2D eigenvalue weighted by Gasteiger charge is -2.09. The molecule has 0 bridgehead atoms. The van der Waals surface area contributed by atoms with Gasteiger partial charge in [-0.1, -0.05) is 12.1 Å². The second-order valence-corrected chi connectivity index (χ2v) is 6.22. The molecular weight excluding hydrogens is 395 g/mol. The minimum Gasteiger partial charge on any atom is -0.441 e. The normalized spacial score (nSPS) is 11.5. The van der Waals surface area contributed by atoms with Gasteiger partial charge in [-0.25, -0.2) is 13.8 Å². The maximum Gasteiger partial charge on any atom is 0.416 e. The lowest BCUT2D eigenvalue weighted by atomic mass is 10.1. The van der Waals surface area contributed by atoms with E-state index >= 15 is 0 Å². The van der Waals surface area contributed by atoms with Gasteiger partial charge in [0.15, 0.2) is 11.7 Å². The zero-order valence-corrected chi connectivity index (χ0v) is 14.9. The van der Waals surface area contributed by atoms with Crippen molar-refractivity contribution in [1.29, 1.82) is 0 Å². The molecule has 0 saturated heterocycles. The van der Waals surface area contributed by atoms with E-state index in [1.54, 1.807) is 0 Å². The Hall–Kier alpha value is -3.23. The summed E-state index contributed by atoms with van der Waals surface area (Å²) in [4.78, 5) is 15.9. The van der Waals surface area contributed by atoms with Crippen LogP contribution in [0.25, 0.3) is 11.3 Å². The van der Waals surface area contributed by atoms with Gasteiger partial charge in [-0.15, -0.1) is 0 Å². The number of halogens is 5. The Balaban J connectivity index is 1.53. The summed E-state index contributed by atoms with van der Waals surface area (Å²) < 4.78 is 70.2. The molecular formula is C20H15F5N2O2. The molecule has 1 N–H and O–H groups in total. The fourth-order valence-corrected chi connectivity index (χ4v) is 2.61. The molecule has 0 radical (unpaired) electrons. The van der Waals surface area contributed by atoms with Crippen LogP contribution < -0.4 is 5.32 Å². The summed E-state index contributed by atoms with van der Waals surface area (Å²) in [5.74, 6) is -1.65. The number of aromatic nitrogens is 1. The molecule has 3 aromatic rings. The second-order valence-electron chi connectivity index (χ2n) is 6.22. The summed E-state index contributed by atoms with van der Waals surface area (Å²) in [5.41, 5.74) is -0.429. The summed E-state index contributed by atoms with van der Waals surface area (Å²) in [6, 6.07) is 7.70. The number of nitrogens with one attached hydrogen (secondary N) is 1. The highest BCUT2D eigenvalue weighted by molar-refractivity contribution is 5.76. The van der Waals surface area contributed by atoms with Crippen LogP contribution in [0.5, 0.6) is 0 Å². The third-order valence-electron chi connectivity index (χ3n) is 4.06. The smallest absolute Gasteiger partial charge is 0.416 e. The maximum atomic E-state index is 13.8. The van der Waals surface area contributed by atoms with Crippen molar-refractivity contribution in [1.82, 2.24) is 10.3 Å². The zero-order chi connectivity index (χ0) is 21.0. The number of benzene rings is 2. The Bertz CT molecular complexity index is 1010. The van der Waals surface area contributed by atoms with Crippen LogP contribution in [0.4, 0.5) is 22.0 Å². The quantitative estimate of drug-likeness (QED) is 0.589. The summed E-state index contributed by atoms with van der Waals surface area (Å²) in [5, 5.41) is 2.52. The number of aryl methyl sites for hydroxylation is 1. The van der Waals surface area contributed by atoms with E-state index in [1.807, 2.05) is 0 Å². The summed E-state index contributed by atoms with van der Waals surface area (Å²) in [7, 11) is 0. The van der Waals surface area contributed by atoms with Gasteiger partial charge in [0.25, 0.3) is 0 Å². The molecule has 152 valence electrons. The zero-order valence-electron chi connectivity index (χ0n) is 14.9. The summed E-state index contributed by atoms with van der Waals surface area (Å²) in [6.07, 6.45) is -3.10. The average Bonchev–Trinajstić information content (AvgIpc) is 3.13. The SMILES string of the molecule is O=C(CCc1ncc(-c2ccc(F)cc2F)o1)NCc1cccc(C(F)(F)F)c1. The van der Waals surface area contributed by atoms with E-state index in [9.17, 15) is 26.7 Å². The number of amides is 1. The minimum atomic E-state index is -4.45. The molecule has 0 aliphatic carbocycles. The van der Waals surface area contributed by atoms with Crippen LogP contribution in [0.15, 0.2) is 53.1 Å². The second kappa shape index (κ2) is 8.42. The number of rotatable bonds is 6. The van der Waals surface area contributed by atoms with Crippen LogP contribution in [-0.2, 0) is 23.9 Å². The molecule has 0 fully saturated rings. The first kappa shape index (κ1) is 20.5. The third kappa shape index (κ3) is 5.40. The molecule has 0 unspecified atom stereocenters. The lowest BCUT2D eigenvalue weighted by Crippen LogP contribution is -2.23. The van der Waals surface area contributed by atoms with Gasteiger partial charge in [0, 0.05) is 25.5 Å². The van der Waals surface area contributed by atoms with E-state index in [4.69, 9.17) is 4.42 Å². The summed E-state index contributed by atoms with van der Waals surface area (Å²) >= 11 is 0. The van der Waals surface area contributed by atoms with Crippen molar-refractivity contribution < 1.29 is 31.2 Å². The molecule has 4 nitrogen and oxygen atoms in total. The topological polar surface area (TPSA) is 55.1 Å². The number of hydrogen-bond donors (Lipinski definition) is 1. The first-order chi connectivity index (χ1) is 13.7. The maximum absolute atomic E-state index is 13.8. The van der Waals surface area contributed by atoms with E-state index in [0.29, 0.717) is 5.56 Å². The number of nitrogens with zero attached hydrogens (tertiary/aromatic N) is 1. The predicted octanol–water partition coefficient (Wildman–Crippen LogP) is 4.89. The molecule has 2 aromatic carbocycles. The lowest BCUT2D eigenvalue weighted by molar-refractivity contribution is -0.137. The van der Waals surface area contributed by atoms with Gasteiger partial charge in [-0.3, -0.25) is 4.79 Å². The summed E-state index contributed by atoms with van der Waals surface area (Å²) in [6.45, 7) is -0.0552. The Labute approximate surface area is 162 Å². The number of oxazole rings is 1. The predicted molar refractivity (Wildman–Crippen MR) is 93.5 cm³/mol. The molecule has 9 heteroatoms. The standard InChI is InChI=1S/C20H15F5N2O2/c21-14-4-5-15(16(22)9-14)17-11-27-19(29-17)7-6-18(28)26-10-12-2-1-3-13(8-12)20(23,24)25/h1-5,8-9,11H,6-7,10H2,(H,26,28). The van der Waals surface area contributed by atoms with E-state index in [1.165, 1.54) is 24.4 Å². The van der Waals surface area contributed by atoms with Crippen molar-refractivity contribution >= 4 is 5.91 Å². The molecule has 0 aliphatic heterocycles. The minimum absolute atomic E-state index is 0.0230. The van der Waals surface area contributed by atoms with Crippen LogP contribution in [-0.4, -0.2) is 10.9 Å². The van der Waals surface area contributed by atoms with E-state index < -0.39 is 29.3 Å². The Morgan fingerprint density at radius 3 is 2.62 bits per heavy atom. The van der Waals surface area contributed by atoms with Gasteiger partial charge >= 0.3 is 6.18 Å². The van der Waals surface area contributed by atoms with E-state index in [0.717, 1.165) is 24.3 Å². The average molecular weight is 410 g/mol. The molecule has 0 saturated carbocycles. The van der Waals surface area contributed by atoms with Crippen LogP contribution in [0.1, 0.15) is 23.4 Å². The van der Waals surface area contributed by atoms with Crippen molar-refractivity contribution in [2.45, 2.75) is 25.6 Å². The third-order valence-corrected chi connectivity index (χ3v) is 4.06. The van der Waals surface area contributed by atoms with Gasteiger partial charge in [0.05, 0.1) is 17.3 Å². The number of hydrogen-bond acceptors (Lipinski definition) is 3. The Morgan fingerprint density at radius 1 is 1.10 bits per heavy atom. The highest BCUT2D eigenvalue weighted by Crippen LogP contribution is 2.29. The fraction of sp³-hybridized carbons (Fsp3) is 0.200. The Morgan fingerprint density at radius 2 is 1.90 bits per heavy atom. The largest absolute Gasteiger partial charge is 0.441 e. The number of carbonyl (C=O) groups excluding carboxylic acids is 1. The monoisotopic (exact) mass is 410 g/mol. The van der Waals surface area contributed by atoms with Crippen LogP contribution >= 0.6 is 0 Å². The van der Waals surface area contributed by atoms with Gasteiger partial charge in [0.1, 0.15) is 11.6 Å². The molecule has 1 heterocycles. The van der Waals surface area contributed by atoms with Gasteiger partial charge in [-0.2, -0.15) is 13.2 Å². The Kier molecular flexibility index (Phi) is 5.95. The van der Waals surface area contributed by atoms with E-state index in [-0.39, 0.29) is 36.6 Å². The molecule has 1 aromatic heterocycles. The fourth-order valence-electron chi connectivity index (χ4n) is 2.61. The van der Waals surface area contributed by atoms with Crippen molar-refractivity contribution in [3.8, 4) is 11.3 Å². The van der Waals surface area contributed by atoms with Gasteiger partial charge < -0.3 is 9.73 Å². The van der Waals surface area contributed by atoms with Crippen molar-refractivity contribution in [2.24, 2.45) is 0 Å². The molecule has 1 amide bonds.